The average Bonchev–Trinajstić information content (AvgIpc) is 2.89. The molecule has 2 aliphatic carbocycles. The van der Waals surface area contributed by atoms with E-state index in [-0.39, 0.29) is 5.54 Å². The largest absolute Gasteiger partial charge is 0.394 e. The maximum Gasteiger partial charge on any atom is 0.0615 e. The van der Waals surface area contributed by atoms with Crippen molar-refractivity contribution in [2.75, 3.05) is 27.2 Å². The minimum Gasteiger partial charge on any atom is -0.394 e. The first kappa shape index (κ1) is 15.3. The zero-order valence-corrected chi connectivity index (χ0v) is 12.8. The van der Waals surface area contributed by atoms with Crippen LogP contribution in [-0.2, 0) is 0 Å². The summed E-state index contributed by atoms with van der Waals surface area (Å²) in [6, 6.07) is 0.813. The van der Waals surface area contributed by atoms with Gasteiger partial charge >= 0.3 is 0 Å². The number of nitrogens with zero attached hydrogens (tertiary/aromatic N) is 1. The van der Waals surface area contributed by atoms with Crippen LogP contribution in [0.2, 0.25) is 0 Å². The van der Waals surface area contributed by atoms with Crippen LogP contribution in [0.15, 0.2) is 0 Å². The van der Waals surface area contributed by atoms with Crippen LogP contribution in [-0.4, -0.2) is 48.8 Å². The van der Waals surface area contributed by atoms with E-state index in [9.17, 15) is 5.11 Å². The Labute approximate surface area is 118 Å². The number of likely N-dealkylation sites (N-methyl/N-ethyl adjacent to an activating group) is 1. The second-order valence-corrected chi connectivity index (χ2v) is 6.71. The van der Waals surface area contributed by atoms with Crippen LogP contribution < -0.4 is 5.32 Å². The molecule has 0 aromatic heterocycles. The Morgan fingerprint density at radius 3 is 2.53 bits per heavy atom. The van der Waals surface area contributed by atoms with Gasteiger partial charge in [-0.1, -0.05) is 25.7 Å². The SMILES string of the molecule is CNC1(CO)CCCC1CCN(C)C1CCCCC1. The molecule has 19 heavy (non-hydrogen) atoms. The minimum absolute atomic E-state index is 0.00735. The molecule has 0 heterocycles. The molecule has 112 valence electrons. The normalized spacial score (nSPS) is 33.2. The van der Waals surface area contributed by atoms with E-state index in [0.29, 0.717) is 12.5 Å². The third-order valence-electron chi connectivity index (χ3n) is 5.77. The summed E-state index contributed by atoms with van der Waals surface area (Å²) in [6.07, 6.45) is 11.9. The van der Waals surface area contributed by atoms with Gasteiger partial charge in [-0.3, -0.25) is 0 Å². The molecule has 2 atom stereocenters. The Morgan fingerprint density at radius 1 is 1.16 bits per heavy atom. The van der Waals surface area contributed by atoms with Gasteiger partial charge in [-0.2, -0.15) is 0 Å². The van der Waals surface area contributed by atoms with Gasteiger partial charge in [-0.15, -0.1) is 0 Å². The predicted octanol–water partition coefficient (Wildman–Crippen LogP) is 2.39. The van der Waals surface area contributed by atoms with Gasteiger partial charge in [0.15, 0.2) is 0 Å². The van der Waals surface area contributed by atoms with Crippen LogP contribution in [0, 0.1) is 5.92 Å². The van der Waals surface area contributed by atoms with Gasteiger partial charge in [-0.05, 0) is 58.7 Å². The van der Waals surface area contributed by atoms with Crippen molar-refractivity contribution in [3.8, 4) is 0 Å². The molecule has 2 rings (SSSR count). The Hall–Kier alpha value is -0.120. The summed E-state index contributed by atoms with van der Waals surface area (Å²) in [5.74, 6) is 0.647. The van der Waals surface area contributed by atoms with E-state index < -0.39 is 0 Å². The highest BCUT2D eigenvalue weighted by atomic mass is 16.3. The standard InChI is InChI=1S/C16H32N2O/c1-17-16(13-19)11-6-7-14(16)10-12-18(2)15-8-4-3-5-9-15/h14-15,17,19H,3-13H2,1-2H3. The van der Waals surface area contributed by atoms with Crippen molar-refractivity contribution >= 4 is 0 Å². The zero-order chi connectivity index (χ0) is 13.7. The van der Waals surface area contributed by atoms with Crippen molar-refractivity contribution in [1.29, 1.82) is 0 Å². The van der Waals surface area contributed by atoms with Crippen molar-refractivity contribution in [3.63, 3.8) is 0 Å². The molecule has 0 aromatic carbocycles. The first-order valence-corrected chi connectivity index (χ1v) is 8.22. The molecule has 2 fully saturated rings. The summed E-state index contributed by atoms with van der Waals surface area (Å²) < 4.78 is 0. The molecule has 0 amide bonds. The fraction of sp³-hybridized carbons (Fsp3) is 1.00. The maximum atomic E-state index is 9.72. The third-order valence-corrected chi connectivity index (χ3v) is 5.77. The Morgan fingerprint density at radius 2 is 1.89 bits per heavy atom. The van der Waals surface area contributed by atoms with Gasteiger partial charge in [0, 0.05) is 11.6 Å². The molecule has 0 aromatic rings. The summed E-state index contributed by atoms with van der Waals surface area (Å²) in [7, 11) is 4.31. The lowest BCUT2D eigenvalue weighted by Crippen LogP contribution is -2.50. The highest BCUT2D eigenvalue weighted by Crippen LogP contribution is 2.37. The third kappa shape index (κ3) is 3.50. The molecule has 0 bridgehead atoms. The van der Waals surface area contributed by atoms with Crippen molar-refractivity contribution < 1.29 is 5.11 Å². The van der Waals surface area contributed by atoms with Crippen LogP contribution in [0.4, 0.5) is 0 Å². The summed E-state index contributed by atoms with van der Waals surface area (Å²) in [6.45, 7) is 1.49. The van der Waals surface area contributed by atoms with Crippen molar-refractivity contribution in [3.05, 3.63) is 0 Å². The molecule has 2 N–H and O–H groups in total. The van der Waals surface area contributed by atoms with E-state index in [2.05, 4.69) is 17.3 Å². The fourth-order valence-corrected chi connectivity index (χ4v) is 4.25. The number of rotatable bonds is 6. The summed E-state index contributed by atoms with van der Waals surface area (Å²) in [5, 5.41) is 13.1. The second-order valence-electron chi connectivity index (χ2n) is 6.71. The fourth-order valence-electron chi connectivity index (χ4n) is 4.25. The molecule has 0 spiro atoms. The monoisotopic (exact) mass is 268 g/mol. The molecule has 2 aliphatic rings. The van der Waals surface area contributed by atoms with Crippen molar-refractivity contribution in [1.82, 2.24) is 10.2 Å². The van der Waals surface area contributed by atoms with Crippen LogP contribution in [0.25, 0.3) is 0 Å². The van der Waals surface area contributed by atoms with Gasteiger partial charge < -0.3 is 15.3 Å². The topological polar surface area (TPSA) is 35.5 Å². The van der Waals surface area contributed by atoms with E-state index in [4.69, 9.17) is 0 Å². The highest BCUT2D eigenvalue weighted by Gasteiger charge is 2.40. The molecule has 2 unspecified atom stereocenters. The molecular weight excluding hydrogens is 236 g/mol. The first-order valence-electron chi connectivity index (χ1n) is 8.22. The maximum absolute atomic E-state index is 9.72. The Balaban J connectivity index is 1.80. The number of hydrogen-bond donors (Lipinski definition) is 2. The zero-order valence-electron chi connectivity index (χ0n) is 12.8. The Bertz CT molecular complexity index is 259. The predicted molar refractivity (Wildman–Crippen MR) is 80.3 cm³/mol. The number of aliphatic hydroxyl groups excluding tert-OH is 1. The highest BCUT2D eigenvalue weighted by molar-refractivity contribution is 4.98. The number of nitrogens with one attached hydrogen (secondary N) is 1. The van der Waals surface area contributed by atoms with E-state index in [1.807, 2.05) is 7.05 Å². The van der Waals surface area contributed by atoms with E-state index >= 15 is 0 Å². The number of aliphatic hydroxyl groups is 1. The van der Waals surface area contributed by atoms with Gasteiger partial charge in [0.1, 0.15) is 0 Å². The van der Waals surface area contributed by atoms with Crippen LogP contribution in [0.1, 0.15) is 57.8 Å². The quantitative estimate of drug-likeness (QED) is 0.776. The molecule has 0 radical (unpaired) electrons. The summed E-state index contributed by atoms with van der Waals surface area (Å²) in [5.41, 5.74) is 0.00735. The smallest absolute Gasteiger partial charge is 0.0615 e. The molecule has 0 saturated heterocycles. The van der Waals surface area contributed by atoms with Crippen molar-refractivity contribution in [2.45, 2.75) is 69.4 Å². The molecule has 2 saturated carbocycles. The van der Waals surface area contributed by atoms with E-state index in [0.717, 1.165) is 12.5 Å². The van der Waals surface area contributed by atoms with Crippen LogP contribution in [0.3, 0.4) is 0 Å². The summed E-state index contributed by atoms with van der Waals surface area (Å²) in [4.78, 5) is 2.58. The van der Waals surface area contributed by atoms with Gasteiger partial charge in [0.05, 0.1) is 6.61 Å². The lowest BCUT2D eigenvalue weighted by Gasteiger charge is -2.36. The second kappa shape index (κ2) is 7.05. The van der Waals surface area contributed by atoms with Gasteiger partial charge in [-0.25, -0.2) is 0 Å². The number of hydrogen-bond acceptors (Lipinski definition) is 3. The van der Waals surface area contributed by atoms with E-state index in [1.165, 1.54) is 57.9 Å². The lowest BCUT2D eigenvalue weighted by atomic mass is 9.85. The van der Waals surface area contributed by atoms with E-state index in [1.54, 1.807) is 0 Å². The molecule has 3 heteroatoms. The average molecular weight is 268 g/mol. The Kier molecular flexibility index (Phi) is 5.67. The van der Waals surface area contributed by atoms with Crippen LogP contribution in [0.5, 0.6) is 0 Å². The first-order chi connectivity index (χ1) is 9.22. The van der Waals surface area contributed by atoms with Crippen LogP contribution >= 0.6 is 0 Å². The molecular formula is C16H32N2O. The summed E-state index contributed by atoms with van der Waals surface area (Å²) >= 11 is 0. The minimum atomic E-state index is 0.00735. The molecule has 0 aliphatic heterocycles. The lowest BCUT2D eigenvalue weighted by molar-refractivity contribution is 0.111. The van der Waals surface area contributed by atoms with Crippen molar-refractivity contribution in [2.24, 2.45) is 5.92 Å². The molecule has 3 nitrogen and oxygen atoms in total. The van der Waals surface area contributed by atoms with Gasteiger partial charge in [0.2, 0.25) is 0 Å². The van der Waals surface area contributed by atoms with Gasteiger partial charge in [0.25, 0.3) is 0 Å².